The molecule has 14 heteroatoms. The molecule has 0 aromatic carbocycles. The van der Waals surface area contributed by atoms with Gasteiger partial charge in [0.25, 0.3) is 8.32 Å². The van der Waals surface area contributed by atoms with E-state index in [2.05, 4.69) is 41.0 Å². The Kier molecular flexibility index (Phi) is 14.9. The number of hydrogen-bond acceptors (Lipinski definition) is 7. The first-order valence-electron chi connectivity index (χ1n) is 10.7. The van der Waals surface area contributed by atoms with Gasteiger partial charge in [-0.1, -0.05) is 67.8 Å². The topological polar surface area (TPSA) is 88.1 Å². The molecule has 0 aliphatic carbocycles. The highest BCUT2D eigenvalue weighted by molar-refractivity contribution is 7.71. The van der Waals surface area contributed by atoms with E-state index >= 15 is 0 Å². The van der Waals surface area contributed by atoms with Crippen LogP contribution in [0.1, 0.15) is 59.3 Å². The smallest absolute Gasteiger partial charge is 0.326 e. The van der Waals surface area contributed by atoms with Crippen molar-refractivity contribution in [3.05, 3.63) is 0 Å². The van der Waals surface area contributed by atoms with E-state index in [0.717, 1.165) is 0 Å². The molecule has 0 N–H and O–H groups in total. The van der Waals surface area contributed by atoms with Crippen LogP contribution in [0.25, 0.3) is 0 Å². The highest BCUT2D eigenvalue weighted by atomic mass is 35.5. The molecule has 1 aliphatic heterocycles. The SMILES string of the molecule is CCCC[N+](C)(CCCC)CCCC.C[Si](C)(C)O[P+](=O)OP1(=O)O[P+](=O)OC1(Cl)Cl. The summed E-state index contributed by atoms with van der Waals surface area (Å²) in [6, 6.07) is 0. The van der Waals surface area contributed by atoms with E-state index in [4.69, 9.17) is 27.4 Å². The van der Waals surface area contributed by atoms with Crippen LogP contribution in [0.4, 0.5) is 0 Å². The molecule has 1 rings (SSSR count). The molecule has 0 spiro atoms. The fourth-order valence-electron chi connectivity index (χ4n) is 2.64. The van der Waals surface area contributed by atoms with Crippen molar-refractivity contribution in [2.24, 2.45) is 0 Å². The zero-order valence-corrected chi connectivity index (χ0v) is 25.0. The lowest BCUT2D eigenvalue weighted by atomic mass is 10.2. The van der Waals surface area contributed by atoms with E-state index in [-0.39, 0.29) is 0 Å². The van der Waals surface area contributed by atoms with Gasteiger partial charge in [-0.25, -0.2) is 4.57 Å². The molecule has 1 saturated heterocycles. The second-order valence-electron chi connectivity index (χ2n) is 8.74. The summed E-state index contributed by atoms with van der Waals surface area (Å²) >= 11 is 10.9. The van der Waals surface area contributed by atoms with Crippen LogP contribution in [-0.2, 0) is 31.1 Å². The van der Waals surface area contributed by atoms with Gasteiger partial charge in [0.05, 0.1) is 26.7 Å². The summed E-state index contributed by atoms with van der Waals surface area (Å²) in [6.45, 7) is 16.3. The van der Waals surface area contributed by atoms with Crippen LogP contribution in [0.15, 0.2) is 0 Å². The second-order valence-corrected chi connectivity index (χ2v) is 19.5. The molecule has 3 unspecified atom stereocenters. The summed E-state index contributed by atoms with van der Waals surface area (Å²) < 4.78 is 51.4. The van der Waals surface area contributed by atoms with Gasteiger partial charge in [-0.15, -0.1) is 0 Å². The lowest BCUT2D eigenvalue weighted by Gasteiger charge is -2.34. The van der Waals surface area contributed by atoms with E-state index in [0.29, 0.717) is 0 Å². The Morgan fingerprint density at radius 1 is 1.03 bits per heavy atom. The molecule has 1 aliphatic rings. The zero-order valence-electron chi connectivity index (χ0n) is 19.8. The molecule has 0 amide bonds. The molecule has 0 bridgehead atoms. The first-order chi connectivity index (χ1) is 14.1. The van der Waals surface area contributed by atoms with Crippen molar-refractivity contribution < 1.29 is 35.5 Å². The lowest BCUT2D eigenvalue weighted by Crippen LogP contribution is -2.46. The van der Waals surface area contributed by atoms with Gasteiger partial charge in [0, 0.05) is 9.13 Å². The molecule has 0 saturated carbocycles. The molecule has 31 heavy (non-hydrogen) atoms. The van der Waals surface area contributed by atoms with Gasteiger partial charge in [-0.2, -0.15) is 4.21 Å². The predicted octanol–water partition coefficient (Wildman–Crippen LogP) is 8.33. The molecule has 1 fully saturated rings. The number of rotatable bonds is 13. The summed E-state index contributed by atoms with van der Waals surface area (Å²) in [6.07, 6.45) is 8.20. The Bertz CT molecular complexity index is 614. The fourth-order valence-corrected chi connectivity index (χ4v) is 9.77. The molecule has 0 aromatic heterocycles. The Morgan fingerprint density at radius 3 is 1.74 bits per heavy atom. The van der Waals surface area contributed by atoms with E-state index in [1.165, 1.54) is 62.6 Å². The van der Waals surface area contributed by atoms with Crippen molar-refractivity contribution in [2.45, 2.75) is 83.2 Å². The minimum Gasteiger partial charge on any atom is -0.326 e. The van der Waals surface area contributed by atoms with E-state index in [9.17, 15) is 13.7 Å². The van der Waals surface area contributed by atoms with Crippen molar-refractivity contribution in [3.63, 3.8) is 0 Å². The van der Waals surface area contributed by atoms with E-state index in [1.807, 2.05) is 0 Å². The predicted molar refractivity (Wildman–Crippen MR) is 130 cm³/mol. The zero-order chi connectivity index (χ0) is 24.3. The number of unbranched alkanes of at least 4 members (excludes halogenated alkanes) is 3. The maximum Gasteiger partial charge on any atom is 0.710 e. The van der Waals surface area contributed by atoms with Gasteiger partial charge in [-0.05, 0) is 47.5 Å². The molecule has 3 atom stereocenters. The second kappa shape index (κ2) is 14.4. The average Bonchev–Trinajstić information content (AvgIpc) is 2.81. The first-order valence-corrected chi connectivity index (χ1v) is 18.6. The number of alkyl halides is 2. The molecular weight excluding hydrogens is 522 g/mol. The maximum atomic E-state index is 11.9. The van der Waals surface area contributed by atoms with Crippen LogP contribution < -0.4 is 0 Å². The Hall–Kier alpha value is 1.03. The Labute approximate surface area is 200 Å². The van der Waals surface area contributed by atoms with Crippen molar-refractivity contribution in [1.29, 1.82) is 0 Å². The molecule has 184 valence electrons. The van der Waals surface area contributed by atoms with Gasteiger partial charge in [-0.3, -0.25) is 0 Å². The summed E-state index contributed by atoms with van der Waals surface area (Å²) in [5, 5.41) is 0. The largest absolute Gasteiger partial charge is 0.710 e. The van der Waals surface area contributed by atoms with Gasteiger partial charge in [0.15, 0.2) is 0 Å². The van der Waals surface area contributed by atoms with Crippen molar-refractivity contribution >= 4 is 55.6 Å². The summed E-state index contributed by atoms with van der Waals surface area (Å²) in [5.74, 6) is 0. The highest BCUT2D eigenvalue weighted by Gasteiger charge is 2.73. The van der Waals surface area contributed by atoms with Gasteiger partial charge < -0.3 is 4.48 Å². The van der Waals surface area contributed by atoms with Crippen molar-refractivity contribution in [3.8, 4) is 0 Å². The number of hydrogen-bond donors (Lipinski definition) is 0. The fraction of sp³-hybridized carbons (Fsp3) is 1.00. The van der Waals surface area contributed by atoms with Gasteiger partial charge in [0.1, 0.15) is 0 Å². The number of quaternary nitrogens is 1. The Morgan fingerprint density at radius 2 is 1.45 bits per heavy atom. The summed E-state index contributed by atoms with van der Waals surface area (Å²) in [5.41, 5.74) is 0. The van der Waals surface area contributed by atoms with E-state index in [1.54, 1.807) is 19.6 Å². The lowest BCUT2D eigenvalue weighted by molar-refractivity contribution is -0.910. The molecule has 1 heterocycles. The highest BCUT2D eigenvalue weighted by Crippen LogP contribution is 2.79. The number of nitrogens with zero attached hydrogens (tertiary/aromatic N) is 1. The summed E-state index contributed by atoms with van der Waals surface area (Å²) in [4.78, 5) is 0. The van der Waals surface area contributed by atoms with Crippen LogP contribution in [0.3, 0.4) is 0 Å². The van der Waals surface area contributed by atoms with Crippen LogP contribution >= 0.6 is 47.3 Å². The summed E-state index contributed by atoms with van der Waals surface area (Å²) in [7, 11) is -9.60. The third-order valence-electron chi connectivity index (χ3n) is 4.35. The van der Waals surface area contributed by atoms with Crippen LogP contribution in [0.2, 0.25) is 19.6 Å². The minimum atomic E-state index is -4.33. The third kappa shape index (κ3) is 12.9. The van der Waals surface area contributed by atoms with Crippen LogP contribution in [0.5, 0.6) is 0 Å². The van der Waals surface area contributed by atoms with Crippen LogP contribution in [-0.4, -0.2) is 43.7 Å². The quantitative estimate of drug-likeness (QED) is 0.0967. The molecule has 8 nitrogen and oxygen atoms in total. The maximum absolute atomic E-state index is 11.9. The van der Waals surface area contributed by atoms with Crippen molar-refractivity contribution in [1.82, 2.24) is 0 Å². The van der Waals surface area contributed by atoms with E-state index < -0.39 is 36.7 Å². The van der Waals surface area contributed by atoms with Gasteiger partial charge >= 0.3 is 28.4 Å². The minimum absolute atomic E-state index is 1.32. The third-order valence-corrected chi connectivity index (χ3v) is 12.8. The molecular formula is C17H39Cl2NO7P3Si+3. The Balaban J connectivity index is 0.000000594. The van der Waals surface area contributed by atoms with Crippen LogP contribution in [0, 0.1) is 0 Å². The normalized spacial score (nSPS) is 22.7. The molecule has 0 aromatic rings. The van der Waals surface area contributed by atoms with Gasteiger partial charge in [0.2, 0.25) is 0 Å². The standard InChI is InChI=1S/C13H30N.C4H9Cl2O7P3Si/c1-5-8-11-14(4,12-9-6-2)13-10-7-3;1-17(2,3)13-15(8)12-16(9)4(5,6)10-14(7)11-16/h5-13H2,1-4H3;1-3H3/q+1;+2. The van der Waals surface area contributed by atoms with Crippen molar-refractivity contribution in [2.75, 3.05) is 26.7 Å². The number of halogens is 2. The monoisotopic (exact) mass is 560 g/mol. The average molecular weight is 561 g/mol. The molecule has 0 radical (unpaired) electrons. The first kappa shape index (κ1) is 32.0.